The lowest BCUT2D eigenvalue weighted by molar-refractivity contribution is 0.324. The lowest BCUT2D eigenvalue weighted by Crippen LogP contribution is -2.28. The highest BCUT2D eigenvalue weighted by atomic mass is 16.5. The largest absolute Gasteiger partial charge is 0.496 e. The zero-order valence-corrected chi connectivity index (χ0v) is 12.0. The summed E-state index contributed by atoms with van der Waals surface area (Å²) in [7, 11) is 1.71. The van der Waals surface area contributed by atoms with Gasteiger partial charge in [-0.2, -0.15) is 0 Å². The van der Waals surface area contributed by atoms with Gasteiger partial charge in [0.05, 0.1) is 7.11 Å². The minimum atomic E-state index is 0.954. The van der Waals surface area contributed by atoms with Crippen molar-refractivity contribution in [2.75, 3.05) is 39.8 Å². The predicted molar refractivity (Wildman–Crippen MR) is 80.7 cm³/mol. The minimum absolute atomic E-state index is 0.954. The van der Waals surface area contributed by atoms with Gasteiger partial charge in [0, 0.05) is 19.6 Å². The number of nitrogens with one attached hydrogen (secondary N) is 1. The molecule has 2 rings (SSSR count). The summed E-state index contributed by atoms with van der Waals surface area (Å²) in [6.45, 7) is 7.71. The normalized spacial score (nSPS) is 17.6. The second kappa shape index (κ2) is 7.31. The molecule has 1 saturated heterocycles. The second-order valence-corrected chi connectivity index (χ2v) is 5.04. The SMILES string of the molecule is COc1ccc(/C=C/CN2CCCNCC2)cc1C. The van der Waals surface area contributed by atoms with Crippen LogP contribution in [0.4, 0.5) is 0 Å². The van der Waals surface area contributed by atoms with Crippen molar-refractivity contribution in [3.8, 4) is 5.75 Å². The monoisotopic (exact) mass is 260 g/mol. The molecule has 1 aliphatic rings. The van der Waals surface area contributed by atoms with E-state index in [1.165, 1.54) is 24.1 Å². The van der Waals surface area contributed by atoms with Crippen molar-refractivity contribution in [3.05, 3.63) is 35.4 Å². The fourth-order valence-corrected chi connectivity index (χ4v) is 2.43. The molecule has 1 aromatic rings. The van der Waals surface area contributed by atoms with Gasteiger partial charge in [0.2, 0.25) is 0 Å². The lowest BCUT2D eigenvalue weighted by Gasteiger charge is -2.16. The molecule has 0 atom stereocenters. The summed E-state index contributed by atoms with van der Waals surface area (Å²) >= 11 is 0. The first-order valence-electron chi connectivity index (χ1n) is 7.04. The summed E-state index contributed by atoms with van der Waals surface area (Å²) in [5.74, 6) is 0.954. The van der Waals surface area contributed by atoms with Crippen molar-refractivity contribution >= 4 is 6.08 Å². The van der Waals surface area contributed by atoms with Gasteiger partial charge in [-0.25, -0.2) is 0 Å². The van der Waals surface area contributed by atoms with Crippen LogP contribution >= 0.6 is 0 Å². The molecule has 0 unspecified atom stereocenters. The highest BCUT2D eigenvalue weighted by Crippen LogP contribution is 2.19. The molecule has 1 fully saturated rings. The third-order valence-electron chi connectivity index (χ3n) is 3.53. The Kier molecular flexibility index (Phi) is 5.43. The molecular weight excluding hydrogens is 236 g/mol. The Bertz CT molecular complexity index is 421. The molecule has 3 nitrogen and oxygen atoms in total. The molecule has 19 heavy (non-hydrogen) atoms. The molecule has 3 heteroatoms. The Morgan fingerprint density at radius 2 is 2.21 bits per heavy atom. The van der Waals surface area contributed by atoms with Gasteiger partial charge in [-0.3, -0.25) is 4.90 Å². The molecule has 0 radical (unpaired) electrons. The zero-order valence-electron chi connectivity index (χ0n) is 12.0. The molecular formula is C16H24N2O. The topological polar surface area (TPSA) is 24.5 Å². The van der Waals surface area contributed by atoms with E-state index >= 15 is 0 Å². The smallest absolute Gasteiger partial charge is 0.121 e. The molecule has 0 spiro atoms. The Labute approximate surface area is 116 Å². The fraction of sp³-hybridized carbons (Fsp3) is 0.500. The summed E-state index contributed by atoms with van der Waals surface area (Å²) in [6.07, 6.45) is 5.70. The molecule has 1 aliphatic heterocycles. The van der Waals surface area contributed by atoms with Crippen molar-refractivity contribution in [2.45, 2.75) is 13.3 Å². The number of nitrogens with zero attached hydrogens (tertiary/aromatic N) is 1. The maximum absolute atomic E-state index is 5.27. The highest BCUT2D eigenvalue weighted by Gasteiger charge is 2.05. The van der Waals surface area contributed by atoms with Crippen LogP contribution in [0.25, 0.3) is 6.08 Å². The Hall–Kier alpha value is -1.32. The summed E-state index contributed by atoms with van der Waals surface area (Å²) < 4.78 is 5.27. The van der Waals surface area contributed by atoms with E-state index in [0.29, 0.717) is 0 Å². The van der Waals surface area contributed by atoms with Gasteiger partial charge < -0.3 is 10.1 Å². The van der Waals surface area contributed by atoms with Crippen LogP contribution in [0.1, 0.15) is 17.5 Å². The quantitative estimate of drug-likeness (QED) is 0.899. The zero-order chi connectivity index (χ0) is 13.5. The van der Waals surface area contributed by atoms with Gasteiger partial charge in [-0.05, 0) is 49.7 Å². The maximum Gasteiger partial charge on any atom is 0.121 e. The number of benzene rings is 1. The summed E-state index contributed by atoms with van der Waals surface area (Å²) in [4.78, 5) is 2.49. The van der Waals surface area contributed by atoms with Gasteiger partial charge in [-0.1, -0.05) is 18.2 Å². The standard InChI is InChI=1S/C16H24N2O/c1-14-13-15(6-7-16(14)19-2)5-3-10-18-11-4-8-17-9-12-18/h3,5-7,13,17H,4,8-12H2,1-2H3/b5-3+. The molecule has 0 aliphatic carbocycles. The summed E-state index contributed by atoms with van der Waals surface area (Å²) in [5.41, 5.74) is 2.43. The third kappa shape index (κ3) is 4.37. The average Bonchev–Trinajstić information content (AvgIpc) is 2.68. The van der Waals surface area contributed by atoms with Crippen molar-refractivity contribution < 1.29 is 4.74 Å². The minimum Gasteiger partial charge on any atom is -0.496 e. The number of aryl methyl sites for hydroxylation is 1. The number of rotatable bonds is 4. The van der Waals surface area contributed by atoms with Crippen LogP contribution in [-0.2, 0) is 0 Å². The van der Waals surface area contributed by atoms with Crippen LogP contribution in [0.2, 0.25) is 0 Å². The van der Waals surface area contributed by atoms with Crippen molar-refractivity contribution in [1.82, 2.24) is 10.2 Å². The average molecular weight is 260 g/mol. The fourth-order valence-electron chi connectivity index (χ4n) is 2.43. The van der Waals surface area contributed by atoms with E-state index in [1.807, 2.05) is 6.07 Å². The molecule has 0 saturated carbocycles. The first-order valence-corrected chi connectivity index (χ1v) is 7.04. The van der Waals surface area contributed by atoms with Gasteiger partial charge in [0.15, 0.2) is 0 Å². The van der Waals surface area contributed by atoms with Crippen molar-refractivity contribution in [3.63, 3.8) is 0 Å². The van der Waals surface area contributed by atoms with Crippen LogP contribution in [0.5, 0.6) is 5.75 Å². The Morgan fingerprint density at radius 1 is 1.32 bits per heavy atom. The summed E-state index contributed by atoms with van der Waals surface area (Å²) in [6, 6.07) is 6.30. The number of methoxy groups -OCH3 is 1. The molecule has 0 bridgehead atoms. The lowest BCUT2D eigenvalue weighted by atomic mass is 10.1. The summed E-state index contributed by atoms with van der Waals surface area (Å²) in [5, 5.41) is 3.43. The third-order valence-corrected chi connectivity index (χ3v) is 3.53. The molecule has 104 valence electrons. The Balaban J connectivity index is 1.89. The van der Waals surface area contributed by atoms with Gasteiger partial charge in [-0.15, -0.1) is 0 Å². The van der Waals surface area contributed by atoms with Crippen LogP contribution in [0.3, 0.4) is 0 Å². The van der Waals surface area contributed by atoms with Crippen LogP contribution < -0.4 is 10.1 Å². The molecule has 1 N–H and O–H groups in total. The van der Waals surface area contributed by atoms with Crippen LogP contribution in [0.15, 0.2) is 24.3 Å². The van der Waals surface area contributed by atoms with E-state index in [4.69, 9.17) is 4.74 Å². The van der Waals surface area contributed by atoms with Gasteiger partial charge in [0.1, 0.15) is 5.75 Å². The number of hydrogen-bond donors (Lipinski definition) is 1. The molecule has 0 aromatic heterocycles. The van der Waals surface area contributed by atoms with E-state index in [-0.39, 0.29) is 0 Å². The van der Waals surface area contributed by atoms with Crippen LogP contribution in [0, 0.1) is 6.92 Å². The maximum atomic E-state index is 5.27. The first-order chi connectivity index (χ1) is 9.29. The Morgan fingerprint density at radius 3 is 3.00 bits per heavy atom. The van der Waals surface area contributed by atoms with Crippen molar-refractivity contribution in [1.29, 1.82) is 0 Å². The molecule has 0 amide bonds. The van der Waals surface area contributed by atoms with Crippen LogP contribution in [-0.4, -0.2) is 44.7 Å². The van der Waals surface area contributed by atoms with Crippen molar-refractivity contribution in [2.24, 2.45) is 0 Å². The van der Waals surface area contributed by atoms with E-state index in [1.54, 1.807) is 7.11 Å². The predicted octanol–water partition coefficient (Wildman–Crippen LogP) is 2.31. The molecule has 1 aromatic carbocycles. The van der Waals surface area contributed by atoms with Gasteiger partial charge >= 0.3 is 0 Å². The second-order valence-electron chi connectivity index (χ2n) is 5.04. The van der Waals surface area contributed by atoms with Gasteiger partial charge in [0.25, 0.3) is 0 Å². The first kappa shape index (κ1) is 14.1. The van der Waals surface area contributed by atoms with E-state index in [2.05, 4.69) is 41.4 Å². The van der Waals surface area contributed by atoms with E-state index in [0.717, 1.165) is 31.9 Å². The number of hydrogen-bond acceptors (Lipinski definition) is 3. The highest BCUT2D eigenvalue weighted by molar-refractivity contribution is 5.53. The number of ether oxygens (including phenoxy) is 1. The van der Waals surface area contributed by atoms with E-state index in [9.17, 15) is 0 Å². The molecule has 1 heterocycles. The van der Waals surface area contributed by atoms with E-state index < -0.39 is 0 Å².